The molecule has 14 heteroatoms. The smallest absolute Gasteiger partial charge is 0.326 e. The molecule has 33 heavy (non-hydrogen) atoms. The largest absolute Gasteiger partial charge is 0.480 e. The molecular weight excluding hydrogens is 472 g/mol. The van der Waals surface area contributed by atoms with Crippen molar-refractivity contribution >= 4 is 54.0 Å². The summed E-state index contributed by atoms with van der Waals surface area (Å²) < 4.78 is 0. The number of hydrogen-bond acceptors (Lipinski definition) is 9. The average Bonchev–Trinajstić information content (AvgIpc) is 2.77. The Labute approximate surface area is 203 Å². The number of nitrogens with two attached hydrogens (primary N) is 3. The molecule has 0 heterocycles. The van der Waals surface area contributed by atoms with Gasteiger partial charge in [-0.15, -0.1) is 0 Å². The van der Waals surface area contributed by atoms with Crippen molar-refractivity contribution in [3.63, 3.8) is 0 Å². The van der Waals surface area contributed by atoms with Crippen LogP contribution in [0.5, 0.6) is 0 Å². The van der Waals surface area contributed by atoms with Gasteiger partial charge in [0.2, 0.25) is 23.6 Å². The van der Waals surface area contributed by atoms with E-state index in [-0.39, 0.29) is 31.4 Å². The number of nitrogens with one attached hydrogen (secondary N) is 3. The number of primary amides is 1. The van der Waals surface area contributed by atoms with Gasteiger partial charge in [0.1, 0.15) is 18.1 Å². The Hall–Kier alpha value is -2.03. The third-order valence-electron chi connectivity index (χ3n) is 4.65. The van der Waals surface area contributed by atoms with Gasteiger partial charge in [-0.05, 0) is 50.7 Å². The lowest BCUT2D eigenvalue weighted by Gasteiger charge is -2.25. The van der Waals surface area contributed by atoms with Crippen molar-refractivity contribution in [1.82, 2.24) is 16.0 Å². The quantitative estimate of drug-likeness (QED) is 0.0751. The normalized spacial score (nSPS) is 14.4. The predicted molar refractivity (Wildman–Crippen MR) is 130 cm³/mol. The molecule has 0 bridgehead atoms. The summed E-state index contributed by atoms with van der Waals surface area (Å²) in [5, 5.41) is 16.8. The highest BCUT2D eigenvalue weighted by Gasteiger charge is 2.30. The van der Waals surface area contributed by atoms with Gasteiger partial charge < -0.3 is 38.3 Å². The monoisotopic (exact) mass is 508 g/mol. The Kier molecular flexibility index (Phi) is 16.4. The number of hydrogen-bond donors (Lipinski definition) is 8. The van der Waals surface area contributed by atoms with Crippen LogP contribution in [0, 0.1) is 0 Å². The highest BCUT2D eigenvalue weighted by molar-refractivity contribution is 7.98. The summed E-state index contributed by atoms with van der Waals surface area (Å²) in [6.45, 7) is 0.387. The van der Waals surface area contributed by atoms with Crippen LogP contribution in [0.3, 0.4) is 0 Å². The van der Waals surface area contributed by atoms with Gasteiger partial charge in [0.25, 0.3) is 0 Å². The lowest BCUT2D eigenvalue weighted by Crippen LogP contribution is -2.57. The molecule has 0 aliphatic carbocycles. The van der Waals surface area contributed by atoms with Crippen molar-refractivity contribution in [2.45, 2.75) is 62.7 Å². The summed E-state index contributed by atoms with van der Waals surface area (Å²) in [6.07, 6.45) is 2.97. The molecule has 0 aliphatic rings. The van der Waals surface area contributed by atoms with Gasteiger partial charge in [0.05, 0.1) is 6.04 Å². The van der Waals surface area contributed by atoms with E-state index in [0.29, 0.717) is 25.1 Å². The number of amides is 4. The third kappa shape index (κ3) is 13.3. The van der Waals surface area contributed by atoms with E-state index in [1.807, 2.05) is 6.26 Å². The van der Waals surface area contributed by atoms with Crippen LogP contribution in [-0.2, 0) is 24.0 Å². The van der Waals surface area contributed by atoms with Gasteiger partial charge in [0.15, 0.2) is 0 Å². The lowest BCUT2D eigenvalue weighted by molar-refractivity contribution is -0.142. The fourth-order valence-electron chi connectivity index (χ4n) is 2.72. The molecule has 0 saturated carbocycles. The second-order valence-electron chi connectivity index (χ2n) is 7.38. The summed E-state index contributed by atoms with van der Waals surface area (Å²) >= 11 is 5.42. The zero-order valence-corrected chi connectivity index (χ0v) is 20.5. The van der Waals surface area contributed by atoms with Crippen LogP contribution in [0.1, 0.15) is 38.5 Å². The van der Waals surface area contributed by atoms with Crippen LogP contribution in [0.25, 0.3) is 0 Å². The van der Waals surface area contributed by atoms with E-state index in [2.05, 4.69) is 28.6 Å². The fraction of sp³-hybridized carbons (Fsp3) is 0.737. The summed E-state index contributed by atoms with van der Waals surface area (Å²) in [7, 11) is 0. The molecule has 12 nitrogen and oxygen atoms in total. The Bertz CT molecular complexity index is 669. The third-order valence-corrected chi connectivity index (χ3v) is 5.69. The van der Waals surface area contributed by atoms with Crippen LogP contribution < -0.4 is 33.2 Å². The summed E-state index contributed by atoms with van der Waals surface area (Å²) in [5.74, 6) is -3.31. The van der Waals surface area contributed by atoms with Gasteiger partial charge >= 0.3 is 5.97 Å². The maximum Gasteiger partial charge on any atom is 0.326 e. The van der Waals surface area contributed by atoms with Crippen molar-refractivity contribution in [3.8, 4) is 0 Å². The molecular formula is C19H36N6O6S2. The van der Waals surface area contributed by atoms with Crippen LogP contribution in [-0.4, -0.2) is 83.2 Å². The van der Waals surface area contributed by atoms with Crippen molar-refractivity contribution in [3.05, 3.63) is 0 Å². The van der Waals surface area contributed by atoms with Gasteiger partial charge in [-0.25, -0.2) is 4.79 Å². The van der Waals surface area contributed by atoms with Gasteiger partial charge in [-0.3, -0.25) is 19.2 Å². The molecule has 0 aromatic rings. The maximum atomic E-state index is 12.9. The first-order valence-electron chi connectivity index (χ1n) is 10.5. The Morgan fingerprint density at radius 3 is 1.94 bits per heavy atom. The molecule has 4 amide bonds. The van der Waals surface area contributed by atoms with Crippen molar-refractivity contribution in [2.24, 2.45) is 17.2 Å². The maximum absolute atomic E-state index is 12.9. The van der Waals surface area contributed by atoms with Crippen LogP contribution in [0.2, 0.25) is 0 Å². The van der Waals surface area contributed by atoms with Gasteiger partial charge in [0, 0.05) is 12.2 Å². The molecule has 0 aliphatic heterocycles. The second kappa shape index (κ2) is 17.4. The number of carbonyl (C=O) groups is 5. The van der Waals surface area contributed by atoms with E-state index in [9.17, 15) is 29.1 Å². The Morgan fingerprint density at radius 2 is 1.45 bits per heavy atom. The van der Waals surface area contributed by atoms with Gasteiger partial charge in [-0.2, -0.15) is 24.4 Å². The van der Waals surface area contributed by atoms with E-state index in [4.69, 9.17) is 17.2 Å². The van der Waals surface area contributed by atoms with Crippen LogP contribution in [0.4, 0.5) is 0 Å². The van der Waals surface area contributed by atoms with E-state index in [0.717, 1.165) is 0 Å². The molecule has 0 saturated heterocycles. The zero-order valence-electron chi connectivity index (χ0n) is 18.7. The first-order valence-corrected chi connectivity index (χ1v) is 12.6. The van der Waals surface area contributed by atoms with E-state index < -0.39 is 53.8 Å². The zero-order chi connectivity index (χ0) is 25.4. The summed E-state index contributed by atoms with van der Waals surface area (Å²) in [4.78, 5) is 60.5. The Balaban J connectivity index is 5.43. The highest BCUT2D eigenvalue weighted by atomic mass is 32.2. The molecule has 0 aromatic heterocycles. The minimum absolute atomic E-state index is 0.0765. The number of thioether (sulfide) groups is 1. The molecule has 0 aromatic carbocycles. The number of carboxylic acid groups (broad SMARTS) is 1. The Morgan fingerprint density at radius 1 is 0.909 bits per heavy atom. The second-order valence-corrected chi connectivity index (χ2v) is 8.73. The van der Waals surface area contributed by atoms with E-state index in [1.165, 1.54) is 11.8 Å². The SMILES string of the molecule is CSCCC(NC(=O)C(N)CS)C(=O)NC(CCC(N)=O)C(=O)NC(CCCCN)C(=O)O. The van der Waals surface area contributed by atoms with Crippen molar-refractivity contribution in [1.29, 1.82) is 0 Å². The topological polar surface area (TPSA) is 220 Å². The minimum atomic E-state index is -1.23. The molecule has 4 unspecified atom stereocenters. The highest BCUT2D eigenvalue weighted by Crippen LogP contribution is 2.07. The predicted octanol–water partition coefficient (Wildman–Crippen LogP) is -2.07. The lowest BCUT2D eigenvalue weighted by atomic mass is 10.1. The van der Waals surface area contributed by atoms with E-state index >= 15 is 0 Å². The number of aliphatic carboxylic acids is 1. The fourth-order valence-corrected chi connectivity index (χ4v) is 3.35. The number of unbranched alkanes of at least 4 members (excludes halogenated alkanes) is 1. The molecule has 0 spiro atoms. The van der Waals surface area contributed by atoms with Crippen LogP contribution >= 0.6 is 24.4 Å². The first-order chi connectivity index (χ1) is 15.6. The van der Waals surface area contributed by atoms with E-state index in [1.54, 1.807) is 0 Å². The van der Waals surface area contributed by atoms with Crippen molar-refractivity contribution in [2.75, 3.05) is 24.3 Å². The minimum Gasteiger partial charge on any atom is -0.480 e. The molecule has 0 radical (unpaired) electrons. The standard InChI is InChI=1S/C19H36N6O6S2/c1-33-9-7-13(23-16(27)11(21)10-32)18(29)24-12(5-6-15(22)26)17(28)25-14(19(30)31)4-2-3-8-20/h11-14,32H,2-10,20-21H2,1H3,(H2,22,26)(H,23,27)(H,24,29)(H,25,28)(H,30,31). The molecule has 0 rings (SSSR count). The van der Waals surface area contributed by atoms with Crippen molar-refractivity contribution < 1.29 is 29.1 Å². The number of carboxylic acids is 1. The molecule has 0 fully saturated rings. The van der Waals surface area contributed by atoms with Gasteiger partial charge in [-0.1, -0.05) is 0 Å². The number of rotatable bonds is 18. The number of carbonyl (C=O) groups excluding carboxylic acids is 4. The summed E-state index contributed by atoms with van der Waals surface area (Å²) in [5.41, 5.74) is 16.2. The van der Waals surface area contributed by atoms with Crippen LogP contribution in [0.15, 0.2) is 0 Å². The molecule has 10 N–H and O–H groups in total. The summed E-state index contributed by atoms with van der Waals surface area (Å²) in [6, 6.07) is -4.32. The first kappa shape index (κ1) is 31.0. The number of thiol groups is 1. The molecule has 190 valence electrons. The molecule has 4 atom stereocenters. The average molecular weight is 509 g/mol.